The van der Waals surface area contributed by atoms with E-state index < -0.39 is 0 Å². The van der Waals surface area contributed by atoms with Crippen LogP contribution in [0.2, 0.25) is 0 Å². The van der Waals surface area contributed by atoms with Gasteiger partial charge in [-0.1, -0.05) is 6.07 Å². The maximum atomic E-state index is 11.4. The predicted molar refractivity (Wildman–Crippen MR) is 81.2 cm³/mol. The summed E-state index contributed by atoms with van der Waals surface area (Å²) in [4.78, 5) is 27.7. The van der Waals surface area contributed by atoms with Gasteiger partial charge in [-0.15, -0.1) is 0 Å². The topological polar surface area (TPSA) is 65.2 Å². The number of likely N-dealkylation sites (tertiary alicyclic amines) is 1. The molecule has 0 saturated carbocycles. The van der Waals surface area contributed by atoms with E-state index >= 15 is 0 Å². The van der Waals surface area contributed by atoms with Crippen molar-refractivity contribution in [1.82, 2.24) is 15.2 Å². The van der Waals surface area contributed by atoms with E-state index in [0.717, 1.165) is 50.9 Å². The van der Waals surface area contributed by atoms with Crippen molar-refractivity contribution in [2.45, 2.75) is 51.1 Å². The van der Waals surface area contributed by atoms with E-state index in [-0.39, 0.29) is 11.5 Å². The molecule has 5 nitrogen and oxygen atoms in total. The standard InChI is InChI=1S/C16H23N3O2/c1-11(20)19-9-7-12(8-10-19)17-14-3-2-4-15-13(14)5-6-16(21)18-15/h5-6,12,14,17H,2-4,7-10H2,1H3,(H,18,21). The smallest absolute Gasteiger partial charge is 0.248 e. The first-order chi connectivity index (χ1) is 10.1. The minimum atomic E-state index is -0.0100. The van der Waals surface area contributed by atoms with E-state index in [1.54, 1.807) is 13.0 Å². The summed E-state index contributed by atoms with van der Waals surface area (Å²) in [5.74, 6) is 0.175. The average Bonchev–Trinajstić information content (AvgIpc) is 2.47. The van der Waals surface area contributed by atoms with Gasteiger partial charge in [-0.2, -0.15) is 0 Å². The molecule has 1 saturated heterocycles. The van der Waals surface area contributed by atoms with Gasteiger partial charge in [-0.25, -0.2) is 0 Å². The molecule has 1 fully saturated rings. The largest absolute Gasteiger partial charge is 0.343 e. The van der Waals surface area contributed by atoms with E-state index in [9.17, 15) is 9.59 Å². The summed E-state index contributed by atoms with van der Waals surface area (Å²) in [6, 6.07) is 4.38. The Bertz CT molecular complexity index is 573. The second-order valence-electron chi connectivity index (χ2n) is 6.15. The van der Waals surface area contributed by atoms with Crippen LogP contribution in [0.1, 0.15) is 49.9 Å². The monoisotopic (exact) mass is 289 g/mol. The lowest BCUT2D eigenvalue weighted by Gasteiger charge is -2.35. The Morgan fingerprint density at radius 3 is 2.76 bits per heavy atom. The molecule has 1 aromatic heterocycles. The third-order valence-electron chi connectivity index (χ3n) is 4.71. The van der Waals surface area contributed by atoms with E-state index in [1.165, 1.54) is 5.56 Å². The first-order valence-electron chi connectivity index (χ1n) is 7.87. The quantitative estimate of drug-likeness (QED) is 0.864. The van der Waals surface area contributed by atoms with Crippen molar-refractivity contribution in [2.24, 2.45) is 0 Å². The van der Waals surface area contributed by atoms with Crippen LogP contribution in [0.15, 0.2) is 16.9 Å². The van der Waals surface area contributed by atoms with Crippen LogP contribution in [-0.2, 0) is 11.2 Å². The summed E-state index contributed by atoms with van der Waals surface area (Å²) < 4.78 is 0. The molecule has 1 aromatic rings. The van der Waals surface area contributed by atoms with E-state index in [4.69, 9.17) is 0 Å². The second-order valence-corrected chi connectivity index (χ2v) is 6.15. The van der Waals surface area contributed by atoms with Gasteiger partial charge in [0, 0.05) is 43.9 Å². The SMILES string of the molecule is CC(=O)N1CCC(NC2CCCc3[nH]c(=O)ccc32)CC1. The van der Waals surface area contributed by atoms with E-state index in [1.807, 2.05) is 11.0 Å². The molecule has 1 atom stereocenters. The summed E-state index contributed by atoms with van der Waals surface area (Å²) in [7, 11) is 0. The summed E-state index contributed by atoms with van der Waals surface area (Å²) in [6.45, 7) is 3.33. The molecule has 3 rings (SSSR count). The molecule has 2 N–H and O–H groups in total. The van der Waals surface area contributed by atoms with Crippen molar-refractivity contribution >= 4 is 5.91 Å². The van der Waals surface area contributed by atoms with Crippen molar-refractivity contribution < 1.29 is 4.79 Å². The normalized spacial score (nSPS) is 22.9. The van der Waals surface area contributed by atoms with Crippen LogP contribution in [0.4, 0.5) is 0 Å². The molecule has 0 bridgehead atoms. The van der Waals surface area contributed by atoms with Gasteiger partial charge in [0.2, 0.25) is 11.5 Å². The van der Waals surface area contributed by atoms with Crippen LogP contribution < -0.4 is 10.9 Å². The summed E-state index contributed by atoms with van der Waals surface area (Å²) in [5, 5.41) is 3.73. The van der Waals surface area contributed by atoms with Gasteiger partial charge in [0.05, 0.1) is 0 Å². The molecular weight excluding hydrogens is 266 g/mol. The molecule has 21 heavy (non-hydrogen) atoms. The molecule has 2 heterocycles. The molecule has 0 spiro atoms. The van der Waals surface area contributed by atoms with E-state index in [2.05, 4.69) is 10.3 Å². The highest BCUT2D eigenvalue weighted by Crippen LogP contribution is 2.29. The molecule has 114 valence electrons. The van der Waals surface area contributed by atoms with Crippen LogP contribution in [-0.4, -0.2) is 34.9 Å². The molecule has 1 unspecified atom stereocenters. The fourth-order valence-corrected chi connectivity index (χ4v) is 3.52. The van der Waals surface area contributed by atoms with Gasteiger partial charge in [-0.3, -0.25) is 9.59 Å². The Labute approximate surface area is 124 Å². The third-order valence-corrected chi connectivity index (χ3v) is 4.71. The number of aromatic nitrogens is 1. The number of H-pyrrole nitrogens is 1. The number of aryl methyl sites for hydroxylation is 1. The van der Waals surface area contributed by atoms with Crippen molar-refractivity contribution in [3.05, 3.63) is 33.7 Å². The first kappa shape index (κ1) is 14.3. The zero-order chi connectivity index (χ0) is 14.8. The molecular formula is C16H23N3O2. The number of hydrogen-bond acceptors (Lipinski definition) is 3. The van der Waals surface area contributed by atoms with Crippen LogP contribution in [0.3, 0.4) is 0 Å². The molecule has 5 heteroatoms. The number of aromatic amines is 1. The maximum Gasteiger partial charge on any atom is 0.248 e. The zero-order valence-corrected chi connectivity index (χ0v) is 12.5. The van der Waals surface area contributed by atoms with Crippen LogP contribution >= 0.6 is 0 Å². The van der Waals surface area contributed by atoms with Gasteiger partial charge in [-0.05, 0) is 37.7 Å². The van der Waals surface area contributed by atoms with Crippen molar-refractivity contribution in [3.8, 4) is 0 Å². The molecule has 1 aliphatic heterocycles. The third kappa shape index (κ3) is 3.18. The van der Waals surface area contributed by atoms with Crippen molar-refractivity contribution in [3.63, 3.8) is 0 Å². The van der Waals surface area contributed by atoms with Gasteiger partial charge in [0.1, 0.15) is 0 Å². The number of hydrogen-bond donors (Lipinski definition) is 2. The lowest BCUT2D eigenvalue weighted by atomic mass is 9.90. The van der Waals surface area contributed by atoms with Crippen LogP contribution in [0, 0.1) is 0 Å². The van der Waals surface area contributed by atoms with Crippen molar-refractivity contribution in [2.75, 3.05) is 13.1 Å². The number of pyridine rings is 1. The molecule has 1 aliphatic carbocycles. The number of amides is 1. The predicted octanol–water partition coefficient (Wildman–Crippen LogP) is 1.35. The highest BCUT2D eigenvalue weighted by atomic mass is 16.2. The maximum absolute atomic E-state index is 11.4. The van der Waals surface area contributed by atoms with Gasteiger partial charge in [0.15, 0.2) is 0 Å². The average molecular weight is 289 g/mol. The number of carbonyl (C=O) groups excluding carboxylic acids is 1. The Balaban J connectivity index is 1.65. The summed E-state index contributed by atoms with van der Waals surface area (Å²) >= 11 is 0. The van der Waals surface area contributed by atoms with Gasteiger partial charge in [0.25, 0.3) is 0 Å². The Kier molecular flexibility index (Phi) is 4.10. The Morgan fingerprint density at radius 2 is 2.05 bits per heavy atom. The number of carbonyl (C=O) groups is 1. The molecule has 0 aromatic carbocycles. The zero-order valence-electron chi connectivity index (χ0n) is 12.5. The molecule has 1 amide bonds. The first-order valence-corrected chi connectivity index (χ1v) is 7.87. The minimum Gasteiger partial charge on any atom is -0.343 e. The number of rotatable bonds is 2. The molecule has 0 radical (unpaired) electrons. The highest BCUT2D eigenvalue weighted by molar-refractivity contribution is 5.73. The second kappa shape index (κ2) is 6.02. The fourth-order valence-electron chi connectivity index (χ4n) is 3.52. The Hall–Kier alpha value is -1.62. The summed E-state index contributed by atoms with van der Waals surface area (Å²) in [6.07, 6.45) is 5.21. The van der Waals surface area contributed by atoms with E-state index in [0.29, 0.717) is 12.1 Å². The molecule has 2 aliphatic rings. The number of nitrogens with zero attached hydrogens (tertiary/aromatic N) is 1. The number of nitrogens with one attached hydrogen (secondary N) is 2. The number of piperidine rings is 1. The van der Waals surface area contributed by atoms with Gasteiger partial charge < -0.3 is 15.2 Å². The van der Waals surface area contributed by atoms with Crippen molar-refractivity contribution in [1.29, 1.82) is 0 Å². The summed E-state index contributed by atoms with van der Waals surface area (Å²) in [5.41, 5.74) is 2.33. The van der Waals surface area contributed by atoms with Crippen LogP contribution in [0.5, 0.6) is 0 Å². The fraction of sp³-hybridized carbons (Fsp3) is 0.625. The lowest BCUT2D eigenvalue weighted by Crippen LogP contribution is -2.45. The highest BCUT2D eigenvalue weighted by Gasteiger charge is 2.26. The van der Waals surface area contributed by atoms with Gasteiger partial charge >= 0.3 is 0 Å². The lowest BCUT2D eigenvalue weighted by molar-refractivity contribution is -0.129. The minimum absolute atomic E-state index is 0.0100. The Morgan fingerprint density at radius 1 is 1.29 bits per heavy atom. The number of fused-ring (bicyclic) bond motifs is 1. The van der Waals surface area contributed by atoms with Crippen LogP contribution in [0.25, 0.3) is 0 Å².